The van der Waals surface area contributed by atoms with Gasteiger partial charge >= 0.3 is 0 Å². The monoisotopic (exact) mass is 328 g/mol. The van der Waals surface area contributed by atoms with Gasteiger partial charge in [0.15, 0.2) is 0 Å². The van der Waals surface area contributed by atoms with E-state index in [1.165, 1.54) is 18.4 Å². The molecule has 5 aliphatic rings. The molecule has 0 bridgehead atoms. The third-order valence-electron chi connectivity index (χ3n) is 8.13. The second-order valence-electron chi connectivity index (χ2n) is 9.04. The van der Waals surface area contributed by atoms with Crippen LogP contribution in [0, 0.1) is 28.6 Å². The maximum Gasteiger partial charge on any atom is 0.208 e. The standard InChI is InChI=1S/C21H28O3/c1-19-9-10-21(23-11-12-24-21)13-14(19)3-4-15-16-5-6-18(22)20(16,2)8-7-17(15)19/h9-10,13,15-17H,3-8,11-12H2,1-2H3. The van der Waals surface area contributed by atoms with Crippen LogP contribution in [0.3, 0.4) is 0 Å². The lowest BCUT2D eigenvalue weighted by atomic mass is 9.48. The molecule has 5 rings (SSSR count). The van der Waals surface area contributed by atoms with E-state index in [1.807, 2.05) is 0 Å². The van der Waals surface area contributed by atoms with Crippen LogP contribution in [0.15, 0.2) is 23.8 Å². The van der Waals surface area contributed by atoms with Gasteiger partial charge in [-0.3, -0.25) is 4.79 Å². The highest BCUT2D eigenvalue weighted by Gasteiger charge is 2.59. The number of allylic oxidation sites excluding steroid dienone is 2. The number of fused-ring (bicyclic) bond motifs is 5. The van der Waals surface area contributed by atoms with Gasteiger partial charge in [0.1, 0.15) is 5.78 Å². The molecular formula is C21H28O3. The summed E-state index contributed by atoms with van der Waals surface area (Å²) < 4.78 is 11.8. The van der Waals surface area contributed by atoms with E-state index in [1.54, 1.807) is 0 Å². The number of hydrogen-bond donors (Lipinski definition) is 0. The highest BCUT2D eigenvalue weighted by molar-refractivity contribution is 5.87. The SMILES string of the molecule is CC12C=CC3(C=C1CCC1C2CCC2(C)C(=O)CCC12)OCCO3. The van der Waals surface area contributed by atoms with Crippen LogP contribution < -0.4 is 0 Å². The summed E-state index contributed by atoms with van der Waals surface area (Å²) in [5.74, 6) is 1.90. The summed E-state index contributed by atoms with van der Waals surface area (Å²) in [6.45, 7) is 6.02. The first kappa shape index (κ1) is 15.3. The van der Waals surface area contributed by atoms with Gasteiger partial charge in [-0.25, -0.2) is 0 Å². The van der Waals surface area contributed by atoms with Gasteiger partial charge in [0.25, 0.3) is 0 Å². The number of hydrogen-bond acceptors (Lipinski definition) is 3. The molecule has 1 heterocycles. The lowest BCUT2D eigenvalue weighted by Gasteiger charge is -2.56. The van der Waals surface area contributed by atoms with Gasteiger partial charge in [-0.05, 0) is 62.0 Å². The van der Waals surface area contributed by atoms with Crippen molar-refractivity contribution in [3.63, 3.8) is 0 Å². The first-order chi connectivity index (χ1) is 11.5. The summed E-state index contributed by atoms with van der Waals surface area (Å²) in [6, 6.07) is 0. The number of ketones is 1. The van der Waals surface area contributed by atoms with Gasteiger partial charge in [0, 0.05) is 17.3 Å². The average molecular weight is 328 g/mol. The van der Waals surface area contributed by atoms with Crippen molar-refractivity contribution < 1.29 is 14.3 Å². The lowest BCUT2D eigenvalue weighted by molar-refractivity contribution is -0.131. The number of Topliss-reactive ketones (excluding diaryl/α,β-unsaturated/α-hetero) is 1. The van der Waals surface area contributed by atoms with Crippen LogP contribution in [0.25, 0.3) is 0 Å². The summed E-state index contributed by atoms with van der Waals surface area (Å²) >= 11 is 0. The molecule has 3 heteroatoms. The first-order valence-corrected chi connectivity index (χ1v) is 9.71. The van der Waals surface area contributed by atoms with Crippen molar-refractivity contribution >= 4 is 5.78 Å². The number of rotatable bonds is 0. The molecule has 3 saturated carbocycles. The Morgan fingerprint density at radius 3 is 2.58 bits per heavy atom. The van der Waals surface area contributed by atoms with Gasteiger partial charge in [-0.2, -0.15) is 0 Å². The van der Waals surface area contributed by atoms with Gasteiger partial charge in [0.2, 0.25) is 5.79 Å². The number of carbonyl (C=O) groups excluding carboxylic acids is 1. The Balaban J connectivity index is 1.49. The minimum absolute atomic E-state index is 0.0317. The molecule has 0 aromatic rings. The Morgan fingerprint density at radius 1 is 1.00 bits per heavy atom. The van der Waals surface area contributed by atoms with Crippen LogP contribution >= 0.6 is 0 Å². The largest absolute Gasteiger partial charge is 0.341 e. The van der Waals surface area contributed by atoms with Crippen LogP contribution in [-0.4, -0.2) is 24.8 Å². The topological polar surface area (TPSA) is 35.5 Å². The zero-order valence-corrected chi connectivity index (χ0v) is 14.8. The summed E-state index contributed by atoms with van der Waals surface area (Å²) in [4.78, 5) is 12.5. The molecule has 1 saturated heterocycles. The van der Waals surface area contributed by atoms with Crippen LogP contribution in [0.2, 0.25) is 0 Å². The molecule has 0 amide bonds. The smallest absolute Gasteiger partial charge is 0.208 e. The van der Waals surface area contributed by atoms with Crippen molar-refractivity contribution in [3.8, 4) is 0 Å². The molecule has 0 aromatic carbocycles. The molecule has 0 N–H and O–H groups in total. The minimum Gasteiger partial charge on any atom is -0.341 e. The van der Waals surface area contributed by atoms with Crippen molar-refractivity contribution in [2.75, 3.05) is 13.2 Å². The van der Waals surface area contributed by atoms with Gasteiger partial charge in [0.05, 0.1) is 13.2 Å². The van der Waals surface area contributed by atoms with E-state index in [0.717, 1.165) is 25.7 Å². The van der Waals surface area contributed by atoms with Crippen LogP contribution in [0.5, 0.6) is 0 Å². The maximum absolute atomic E-state index is 12.5. The normalized spacial score (nSPS) is 48.8. The maximum atomic E-state index is 12.5. The van der Waals surface area contributed by atoms with Crippen molar-refractivity contribution in [3.05, 3.63) is 23.8 Å². The molecule has 1 spiro atoms. The van der Waals surface area contributed by atoms with E-state index in [-0.39, 0.29) is 10.8 Å². The van der Waals surface area contributed by atoms with Gasteiger partial charge in [-0.1, -0.05) is 25.5 Å². The molecule has 1 aliphatic heterocycles. The number of carbonyl (C=O) groups is 1. The third kappa shape index (κ3) is 1.83. The molecule has 4 fully saturated rings. The average Bonchev–Trinajstić information content (AvgIpc) is 3.14. The lowest BCUT2D eigenvalue weighted by Crippen LogP contribution is -2.50. The van der Waals surface area contributed by atoms with Crippen molar-refractivity contribution in [1.29, 1.82) is 0 Å². The molecule has 4 aliphatic carbocycles. The molecule has 0 radical (unpaired) electrons. The highest BCUT2D eigenvalue weighted by Crippen LogP contribution is 2.64. The first-order valence-electron chi connectivity index (χ1n) is 9.71. The van der Waals surface area contributed by atoms with Gasteiger partial charge < -0.3 is 9.47 Å². The van der Waals surface area contributed by atoms with Crippen molar-refractivity contribution in [1.82, 2.24) is 0 Å². The predicted octanol–water partition coefficient (Wildman–Crippen LogP) is 4.04. The Labute approximate surface area is 144 Å². The van der Waals surface area contributed by atoms with Gasteiger partial charge in [-0.15, -0.1) is 0 Å². The molecule has 130 valence electrons. The van der Waals surface area contributed by atoms with E-state index in [9.17, 15) is 4.79 Å². The van der Waals surface area contributed by atoms with Crippen LogP contribution in [0.4, 0.5) is 0 Å². The molecule has 5 atom stereocenters. The summed E-state index contributed by atoms with van der Waals surface area (Å²) in [5, 5.41) is 0. The molecule has 0 aromatic heterocycles. The zero-order chi connectivity index (χ0) is 16.6. The van der Waals surface area contributed by atoms with E-state index < -0.39 is 5.79 Å². The predicted molar refractivity (Wildman–Crippen MR) is 91.3 cm³/mol. The number of ether oxygens (including phenoxy) is 2. The molecule has 5 unspecified atom stereocenters. The fourth-order valence-electron chi connectivity index (χ4n) is 6.70. The van der Waals surface area contributed by atoms with E-state index in [2.05, 4.69) is 32.1 Å². The summed E-state index contributed by atoms with van der Waals surface area (Å²) in [6.07, 6.45) is 13.3. The molecule has 24 heavy (non-hydrogen) atoms. The van der Waals surface area contributed by atoms with Crippen LogP contribution in [0.1, 0.15) is 52.4 Å². The Morgan fingerprint density at radius 2 is 1.79 bits per heavy atom. The van der Waals surface area contributed by atoms with E-state index >= 15 is 0 Å². The third-order valence-corrected chi connectivity index (χ3v) is 8.13. The summed E-state index contributed by atoms with van der Waals surface area (Å²) in [5.41, 5.74) is 1.59. The zero-order valence-electron chi connectivity index (χ0n) is 14.8. The van der Waals surface area contributed by atoms with Crippen molar-refractivity contribution in [2.24, 2.45) is 28.6 Å². The fourth-order valence-corrected chi connectivity index (χ4v) is 6.70. The Kier molecular flexibility index (Phi) is 3.08. The van der Waals surface area contributed by atoms with E-state index in [4.69, 9.17) is 9.47 Å². The highest BCUT2D eigenvalue weighted by atomic mass is 16.7. The summed E-state index contributed by atoms with van der Waals surface area (Å²) in [7, 11) is 0. The Bertz CT molecular complexity index is 641. The second-order valence-corrected chi connectivity index (χ2v) is 9.04. The van der Waals surface area contributed by atoms with Crippen molar-refractivity contribution in [2.45, 2.75) is 58.2 Å². The Hall–Kier alpha value is -0.930. The fraction of sp³-hybridized carbons (Fsp3) is 0.762. The molecular weight excluding hydrogens is 300 g/mol. The quantitative estimate of drug-likeness (QED) is 0.630. The van der Waals surface area contributed by atoms with Crippen LogP contribution in [-0.2, 0) is 14.3 Å². The van der Waals surface area contributed by atoms with E-state index in [0.29, 0.717) is 36.8 Å². The second kappa shape index (κ2) is 4.82. The molecule has 3 nitrogen and oxygen atoms in total. The minimum atomic E-state index is -0.589.